The van der Waals surface area contributed by atoms with E-state index in [1.54, 1.807) is 6.07 Å². The lowest BCUT2D eigenvalue weighted by Gasteiger charge is -2.37. The van der Waals surface area contributed by atoms with Gasteiger partial charge in [-0.2, -0.15) is 23.4 Å². The molecule has 16 heteroatoms. The summed E-state index contributed by atoms with van der Waals surface area (Å²) >= 11 is 0. The summed E-state index contributed by atoms with van der Waals surface area (Å²) in [6.45, 7) is -0.134. The molecule has 0 saturated carbocycles. The second-order valence-corrected chi connectivity index (χ2v) is 14.1. The van der Waals surface area contributed by atoms with Gasteiger partial charge in [0.25, 0.3) is 17.7 Å². The quantitative estimate of drug-likeness (QED) is 0.218. The highest BCUT2D eigenvalue weighted by Crippen LogP contribution is 2.41. The molecule has 2 aliphatic heterocycles. The lowest BCUT2D eigenvalue weighted by atomic mass is 9.99. The number of aromatic nitrogens is 3. The van der Waals surface area contributed by atoms with Crippen molar-refractivity contribution < 1.29 is 36.0 Å². The third-order valence-electron chi connectivity index (χ3n) is 9.09. The Morgan fingerprint density at radius 3 is 2.47 bits per heavy atom. The molecule has 3 aromatic carbocycles. The largest absolute Gasteiger partial charge is 0.495 e. The SMILES string of the molecule is COc1ccc(C(=O)Nc2cnn3c2C(=O)N(c2ccc(C(F)(F)c4ccccc4)cc2)[C@H]2CN(S(=O)(=O)CCc4cnoc4)C[C@@H]23)cc1C#N. The fraction of sp³-hybridized carbons (Fsp3) is 0.229. The predicted molar refractivity (Wildman–Crippen MR) is 179 cm³/mol. The molecule has 7 rings (SSSR count). The highest BCUT2D eigenvalue weighted by Gasteiger charge is 2.50. The maximum atomic E-state index is 15.4. The number of nitriles is 1. The van der Waals surface area contributed by atoms with E-state index < -0.39 is 39.8 Å². The van der Waals surface area contributed by atoms with Crippen LogP contribution in [-0.2, 0) is 22.4 Å². The molecule has 5 aromatic rings. The molecule has 2 aromatic heterocycles. The first kappa shape index (κ1) is 33.6. The average molecular weight is 714 g/mol. The number of nitrogens with zero attached hydrogens (tertiary/aromatic N) is 6. The molecule has 4 heterocycles. The van der Waals surface area contributed by atoms with Gasteiger partial charge in [0.15, 0.2) is 5.69 Å². The van der Waals surface area contributed by atoms with Crippen molar-refractivity contribution in [2.75, 3.05) is 36.2 Å². The van der Waals surface area contributed by atoms with Crippen LogP contribution < -0.4 is 15.0 Å². The summed E-state index contributed by atoms with van der Waals surface area (Å²) in [7, 11) is -2.46. The Morgan fingerprint density at radius 2 is 1.78 bits per heavy atom. The Bertz CT molecular complexity index is 2260. The minimum Gasteiger partial charge on any atom is -0.495 e. The van der Waals surface area contributed by atoms with E-state index in [9.17, 15) is 23.3 Å². The number of anilines is 2. The first-order valence-corrected chi connectivity index (χ1v) is 17.3. The van der Waals surface area contributed by atoms with Crippen molar-refractivity contribution in [2.45, 2.75) is 24.4 Å². The zero-order valence-electron chi connectivity index (χ0n) is 26.9. The van der Waals surface area contributed by atoms with Gasteiger partial charge in [-0.25, -0.2) is 8.42 Å². The molecule has 0 spiro atoms. The number of alkyl halides is 2. The molecule has 2 atom stereocenters. The van der Waals surface area contributed by atoms with E-state index in [1.807, 2.05) is 6.07 Å². The van der Waals surface area contributed by atoms with Crippen LogP contribution in [0.3, 0.4) is 0 Å². The molecule has 0 radical (unpaired) electrons. The summed E-state index contributed by atoms with van der Waals surface area (Å²) in [5.41, 5.74) is 0.633. The van der Waals surface area contributed by atoms with Crippen LogP contribution in [-0.4, -0.2) is 71.5 Å². The van der Waals surface area contributed by atoms with Crippen LogP contribution in [0.4, 0.5) is 20.2 Å². The maximum Gasteiger partial charge on any atom is 0.298 e. The molecule has 2 amide bonds. The second-order valence-electron chi connectivity index (χ2n) is 12.0. The monoisotopic (exact) mass is 713 g/mol. The van der Waals surface area contributed by atoms with Crippen molar-refractivity contribution >= 4 is 33.2 Å². The number of methoxy groups -OCH3 is 1. The van der Waals surface area contributed by atoms with Gasteiger partial charge in [0.05, 0.1) is 48.6 Å². The fourth-order valence-corrected chi connectivity index (χ4v) is 7.96. The number of halogens is 2. The van der Waals surface area contributed by atoms with Gasteiger partial charge in [-0.3, -0.25) is 14.3 Å². The molecule has 1 saturated heterocycles. The number of sulfonamides is 1. The summed E-state index contributed by atoms with van der Waals surface area (Å²) in [5.74, 6) is -4.54. The van der Waals surface area contributed by atoms with Gasteiger partial charge in [0.2, 0.25) is 10.0 Å². The minimum atomic E-state index is -3.86. The number of rotatable bonds is 10. The summed E-state index contributed by atoms with van der Waals surface area (Å²) in [6, 6.07) is 17.4. The number of ether oxygens (including phenoxy) is 1. The molecule has 260 valence electrons. The summed E-state index contributed by atoms with van der Waals surface area (Å²) in [4.78, 5) is 29.1. The lowest BCUT2D eigenvalue weighted by molar-refractivity contribution is 0.0428. The lowest BCUT2D eigenvalue weighted by Crippen LogP contribution is -2.51. The average Bonchev–Trinajstić information content (AvgIpc) is 3.92. The van der Waals surface area contributed by atoms with Gasteiger partial charge in [0, 0.05) is 41.0 Å². The van der Waals surface area contributed by atoms with Crippen molar-refractivity contribution in [3.8, 4) is 11.8 Å². The molecule has 51 heavy (non-hydrogen) atoms. The van der Waals surface area contributed by atoms with Crippen LogP contribution in [0, 0.1) is 11.3 Å². The molecule has 0 unspecified atom stereocenters. The van der Waals surface area contributed by atoms with E-state index in [2.05, 4.69) is 15.6 Å². The summed E-state index contributed by atoms with van der Waals surface area (Å²) in [6.07, 6.45) is 4.25. The number of aryl methyl sites for hydroxylation is 1. The third-order valence-corrected chi connectivity index (χ3v) is 10.9. The zero-order valence-corrected chi connectivity index (χ0v) is 27.8. The van der Waals surface area contributed by atoms with Crippen LogP contribution in [0.5, 0.6) is 5.75 Å². The molecule has 1 fully saturated rings. The van der Waals surface area contributed by atoms with Crippen LogP contribution >= 0.6 is 0 Å². The number of nitrogens with one attached hydrogen (secondary N) is 1. The highest BCUT2D eigenvalue weighted by atomic mass is 32.2. The number of fused-ring (bicyclic) bond motifs is 3. The smallest absolute Gasteiger partial charge is 0.298 e. The Hall–Kier alpha value is -5.92. The van der Waals surface area contributed by atoms with Gasteiger partial charge in [0.1, 0.15) is 18.1 Å². The van der Waals surface area contributed by atoms with E-state index in [0.29, 0.717) is 5.56 Å². The minimum absolute atomic E-state index is 0.0268. The topological polar surface area (TPSA) is 164 Å². The van der Waals surface area contributed by atoms with Crippen molar-refractivity contribution in [1.29, 1.82) is 5.26 Å². The highest BCUT2D eigenvalue weighted by molar-refractivity contribution is 7.89. The van der Waals surface area contributed by atoms with Crippen LogP contribution in [0.25, 0.3) is 0 Å². The maximum absolute atomic E-state index is 15.4. The molecular formula is C35H29F2N7O6S. The molecular weight excluding hydrogens is 684 g/mol. The van der Waals surface area contributed by atoms with Crippen LogP contribution in [0.1, 0.15) is 49.1 Å². The number of carbonyl (C=O) groups excluding carboxylic acids is 2. The number of carbonyl (C=O) groups is 2. The first-order chi connectivity index (χ1) is 24.5. The Morgan fingerprint density at radius 1 is 1.06 bits per heavy atom. The predicted octanol–water partition coefficient (Wildman–Crippen LogP) is 4.60. The van der Waals surface area contributed by atoms with Gasteiger partial charge in [-0.05, 0) is 36.8 Å². The van der Waals surface area contributed by atoms with Crippen LogP contribution in [0.15, 0.2) is 96.0 Å². The fourth-order valence-electron chi connectivity index (χ4n) is 6.45. The van der Waals surface area contributed by atoms with Gasteiger partial charge < -0.3 is 19.5 Å². The summed E-state index contributed by atoms with van der Waals surface area (Å²) < 4.78 is 70.7. The Balaban J connectivity index is 1.23. The van der Waals surface area contributed by atoms with Crippen molar-refractivity contribution in [2.24, 2.45) is 0 Å². The van der Waals surface area contributed by atoms with E-state index in [0.717, 1.165) is 0 Å². The molecule has 2 aliphatic rings. The normalized spacial score (nSPS) is 17.5. The molecule has 0 aliphatic carbocycles. The van der Waals surface area contributed by atoms with Crippen LogP contribution in [0.2, 0.25) is 0 Å². The Kier molecular flexibility index (Phi) is 8.61. The third kappa shape index (κ3) is 6.10. The summed E-state index contributed by atoms with van der Waals surface area (Å²) in [5, 5.41) is 20.2. The van der Waals surface area contributed by atoms with Gasteiger partial charge in [-0.15, -0.1) is 0 Å². The number of hydrogen-bond acceptors (Lipinski definition) is 9. The number of amides is 2. The van der Waals surface area contributed by atoms with Crippen molar-refractivity contribution in [3.05, 3.63) is 125 Å². The zero-order chi connectivity index (χ0) is 35.9. The molecule has 1 N–H and O–H groups in total. The van der Waals surface area contributed by atoms with E-state index in [4.69, 9.17) is 9.26 Å². The number of hydrogen-bond donors (Lipinski definition) is 1. The first-order valence-electron chi connectivity index (χ1n) is 15.7. The molecule has 13 nitrogen and oxygen atoms in total. The van der Waals surface area contributed by atoms with Crippen molar-refractivity contribution in [1.82, 2.24) is 19.2 Å². The molecule has 0 bridgehead atoms. The Labute approximate surface area is 290 Å². The number of benzene rings is 3. The van der Waals surface area contributed by atoms with E-state index in [-0.39, 0.29) is 70.3 Å². The van der Waals surface area contributed by atoms with E-state index >= 15 is 8.78 Å². The van der Waals surface area contributed by atoms with Gasteiger partial charge in [-0.1, -0.05) is 47.6 Å². The van der Waals surface area contributed by atoms with Crippen molar-refractivity contribution in [3.63, 3.8) is 0 Å². The second kappa shape index (κ2) is 13.1. The van der Waals surface area contributed by atoms with Gasteiger partial charge >= 0.3 is 0 Å². The standard InChI is InChI=1S/C35H29F2N7O6S/c1-49-31-12-7-23(15-24(31)16-38)33(45)41-28-18-39-44-30-20-42(51(47,48)14-13-22-17-40-50-21-22)19-29(30)43(34(46)32(28)44)27-10-8-26(9-11-27)35(36,37)25-5-3-2-4-6-25/h2-12,15,17-18,21,29-30H,13-14,19-20H2,1H3,(H,41,45)/t29-,30-/m0/s1. The van der Waals surface area contributed by atoms with E-state index in [1.165, 1.54) is 106 Å².